The highest BCUT2D eigenvalue weighted by atomic mass is 79.9. The van der Waals surface area contributed by atoms with Crippen LogP contribution in [0.4, 0.5) is 5.69 Å². The van der Waals surface area contributed by atoms with Gasteiger partial charge in [-0.1, -0.05) is 11.6 Å². The standard InChI is InChI=1S/C15H22BrClN2O/c1-10(2)19-4-5-20-12(9-19)8-18-15-7-14(17)11(3)6-13(15)16/h6-7,10,12,18H,4-5,8-9H2,1-3H3. The summed E-state index contributed by atoms with van der Waals surface area (Å²) in [5.74, 6) is 0. The Labute approximate surface area is 134 Å². The van der Waals surface area contributed by atoms with Crippen LogP contribution >= 0.6 is 27.5 Å². The van der Waals surface area contributed by atoms with Crippen LogP contribution in [0.2, 0.25) is 5.02 Å². The van der Waals surface area contributed by atoms with E-state index in [1.54, 1.807) is 0 Å². The Hall–Kier alpha value is -0.290. The van der Waals surface area contributed by atoms with Crippen LogP contribution in [0, 0.1) is 6.92 Å². The number of morpholine rings is 1. The summed E-state index contributed by atoms with van der Waals surface area (Å²) in [6.07, 6.45) is 0.220. The van der Waals surface area contributed by atoms with Gasteiger partial charge < -0.3 is 10.1 Å². The molecule has 1 aliphatic rings. The largest absolute Gasteiger partial charge is 0.381 e. The number of hydrogen-bond donors (Lipinski definition) is 1. The summed E-state index contributed by atoms with van der Waals surface area (Å²) in [4.78, 5) is 2.45. The summed E-state index contributed by atoms with van der Waals surface area (Å²) in [5.41, 5.74) is 2.09. The van der Waals surface area contributed by atoms with Gasteiger partial charge in [0.15, 0.2) is 0 Å². The smallest absolute Gasteiger partial charge is 0.0874 e. The first-order valence-corrected chi connectivity index (χ1v) is 8.19. The van der Waals surface area contributed by atoms with Crippen molar-refractivity contribution in [3.05, 3.63) is 27.2 Å². The first-order chi connectivity index (χ1) is 9.47. The molecule has 1 atom stereocenters. The highest BCUT2D eigenvalue weighted by Gasteiger charge is 2.22. The number of aryl methyl sites for hydroxylation is 1. The molecule has 1 N–H and O–H groups in total. The van der Waals surface area contributed by atoms with Crippen LogP contribution in [-0.2, 0) is 4.74 Å². The fourth-order valence-corrected chi connectivity index (χ4v) is 3.10. The maximum Gasteiger partial charge on any atom is 0.0874 e. The van der Waals surface area contributed by atoms with Gasteiger partial charge in [0.25, 0.3) is 0 Å². The van der Waals surface area contributed by atoms with Gasteiger partial charge in [-0.15, -0.1) is 0 Å². The second-order valence-corrected chi connectivity index (χ2v) is 6.81. The van der Waals surface area contributed by atoms with Gasteiger partial charge in [-0.3, -0.25) is 4.90 Å². The normalized spacial score (nSPS) is 20.4. The average molecular weight is 362 g/mol. The monoisotopic (exact) mass is 360 g/mol. The molecule has 0 radical (unpaired) electrons. The van der Waals surface area contributed by atoms with Crippen LogP contribution in [0.15, 0.2) is 16.6 Å². The first-order valence-electron chi connectivity index (χ1n) is 7.02. The summed E-state index contributed by atoms with van der Waals surface area (Å²) >= 11 is 9.74. The molecule has 1 unspecified atom stereocenters. The number of anilines is 1. The molecule has 2 rings (SSSR count). The van der Waals surface area contributed by atoms with Crippen molar-refractivity contribution in [2.75, 3.05) is 31.6 Å². The number of halogens is 2. The van der Waals surface area contributed by atoms with Crippen LogP contribution in [0.3, 0.4) is 0 Å². The van der Waals surface area contributed by atoms with Gasteiger partial charge in [0.1, 0.15) is 0 Å². The van der Waals surface area contributed by atoms with Gasteiger partial charge in [-0.05, 0) is 54.4 Å². The third-order valence-electron chi connectivity index (χ3n) is 3.67. The second-order valence-electron chi connectivity index (χ2n) is 5.54. The summed E-state index contributed by atoms with van der Waals surface area (Å²) in [6, 6.07) is 4.57. The third kappa shape index (κ3) is 4.10. The maximum absolute atomic E-state index is 6.17. The molecule has 20 heavy (non-hydrogen) atoms. The molecule has 5 heteroatoms. The lowest BCUT2D eigenvalue weighted by molar-refractivity contribution is -0.0315. The molecule has 0 aromatic heterocycles. The Balaban J connectivity index is 1.93. The van der Waals surface area contributed by atoms with Crippen molar-refractivity contribution in [1.29, 1.82) is 0 Å². The Bertz CT molecular complexity index is 467. The van der Waals surface area contributed by atoms with Crippen molar-refractivity contribution >= 4 is 33.2 Å². The predicted molar refractivity (Wildman–Crippen MR) is 88.8 cm³/mol. The lowest BCUT2D eigenvalue weighted by Gasteiger charge is -2.35. The van der Waals surface area contributed by atoms with Crippen LogP contribution in [0.25, 0.3) is 0 Å². The molecule has 1 heterocycles. The number of nitrogens with one attached hydrogen (secondary N) is 1. The Morgan fingerprint density at radius 3 is 2.95 bits per heavy atom. The quantitative estimate of drug-likeness (QED) is 0.879. The number of nitrogens with zero attached hydrogens (tertiary/aromatic N) is 1. The minimum atomic E-state index is 0.220. The van der Waals surface area contributed by atoms with E-state index in [2.05, 4.69) is 40.0 Å². The van der Waals surface area contributed by atoms with Crippen molar-refractivity contribution in [3.8, 4) is 0 Å². The summed E-state index contributed by atoms with van der Waals surface area (Å²) in [5, 5.41) is 4.21. The Morgan fingerprint density at radius 2 is 2.25 bits per heavy atom. The van der Waals surface area contributed by atoms with Crippen molar-refractivity contribution in [3.63, 3.8) is 0 Å². The lowest BCUT2D eigenvalue weighted by atomic mass is 10.2. The zero-order valence-electron chi connectivity index (χ0n) is 12.2. The van der Waals surface area contributed by atoms with E-state index in [1.807, 2.05) is 19.1 Å². The third-order valence-corrected chi connectivity index (χ3v) is 4.73. The van der Waals surface area contributed by atoms with E-state index in [4.69, 9.17) is 16.3 Å². The highest BCUT2D eigenvalue weighted by molar-refractivity contribution is 9.10. The van der Waals surface area contributed by atoms with E-state index in [0.717, 1.165) is 47.0 Å². The molecule has 0 amide bonds. The van der Waals surface area contributed by atoms with Crippen molar-refractivity contribution < 1.29 is 4.74 Å². The SMILES string of the molecule is Cc1cc(Br)c(NCC2CN(C(C)C)CCO2)cc1Cl. The summed E-state index contributed by atoms with van der Waals surface area (Å²) < 4.78 is 6.86. The molecular weight excluding hydrogens is 340 g/mol. The molecule has 0 saturated carbocycles. The summed E-state index contributed by atoms with van der Waals surface area (Å²) in [7, 11) is 0. The van der Waals surface area contributed by atoms with Gasteiger partial charge in [0, 0.05) is 35.2 Å². The van der Waals surface area contributed by atoms with Gasteiger partial charge >= 0.3 is 0 Å². The molecule has 1 aliphatic heterocycles. The zero-order valence-corrected chi connectivity index (χ0v) is 14.6. The predicted octanol–water partition coefficient (Wildman–Crippen LogP) is 3.93. The topological polar surface area (TPSA) is 24.5 Å². The van der Waals surface area contributed by atoms with Crippen LogP contribution in [0.1, 0.15) is 19.4 Å². The minimum Gasteiger partial charge on any atom is -0.381 e. The van der Waals surface area contributed by atoms with Crippen molar-refractivity contribution in [1.82, 2.24) is 4.90 Å². The second kappa shape index (κ2) is 7.12. The van der Waals surface area contributed by atoms with E-state index < -0.39 is 0 Å². The fourth-order valence-electron chi connectivity index (χ4n) is 2.34. The zero-order chi connectivity index (χ0) is 14.7. The Kier molecular flexibility index (Phi) is 5.73. The summed E-state index contributed by atoms with van der Waals surface area (Å²) in [6.45, 7) is 10.1. The molecule has 112 valence electrons. The van der Waals surface area contributed by atoms with Crippen molar-refractivity contribution in [2.24, 2.45) is 0 Å². The molecular formula is C15H22BrClN2O. The number of rotatable bonds is 4. The molecule has 1 aromatic rings. The van der Waals surface area contributed by atoms with Gasteiger partial charge in [-0.25, -0.2) is 0 Å². The van der Waals surface area contributed by atoms with Crippen LogP contribution < -0.4 is 5.32 Å². The molecule has 0 spiro atoms. The van der Waals surface area contributed by atoms with Crippen molar-refractivity contribution in [2.45, 2.75) is 32.9 Å². The van der Waals surface area contributed by atoms with E-state index in [1.165, 1.54) is 0 Å². The van der Waals surface area contributed by atoms with E-state index in [0.29, 0.717) is 6.04 Å². The van der Waals surface area contributed by atoms with Gasteiger partial charge in [0.05, 0.1) is 18.4 Å². The van der Waals surface area contributed by atoms with Gasteiger partial charge in [0.2, 0.25) is 0 Å². The van der Waals surface area contributed by atoms with Gasteiger partial charge in [-0.2, -0.15) is 0 Å². The molecule has 1 aromatic carbocycles. The van der Waals surface area contributed by atoms with E-state index in [-0.39, 0.29) is 6.10 Å². The fraction of sp³-hybridized carbons (Fsp3) is 0.600. The number of benzene rings is 1. The van der Waals surface area contributed by atoms with E-state index in [9.17, 15) is 0 Å². The Morgan fingerprint density at radius 1 is 1.50 bits per heavy atom. The number of hydrogen-bond acceptors (Lipinski definition) is 3. The molecule has 0 aliphatic carbocycles. The van der Waals surface area contributed by atoms with Crippen LogP contribution in [0.5, 0.6) is 0 Å². The molecule has 1 fully saturated rings. The van der Waals surface area contributed by atoms with Crippen LogP contribution in [-0.4, -0.2) is 43.3 Å². The minimum absolute atomic E-state index is 0.220. The average Bonchev–Trinajstić information content (AvgIpc) is 2.41. The molecule has 0 bridgehead atoms. The lowest BCUT2D eigenvalue weighted by Crippen LogP contribution is -2.48. The molecule has 3 nitrogen and oxygen atoms in total. The maximum atomic E-state index is 6.17. The first kappa shape index (κ1) is 16.1. The molecule has 1 saturated heterocycles. The van der Waals surface area contributed by atoms with E-state index >= 15 is 0 Å². The highest BCUT2D eigenvalue weighted by Crippen LogP contribution is 2.29. The number of ether oxygens (including phenoxy) is 1.